The average molecular weight is 193 g/mol. The van der Waals surface area contributed by atoms with Gasteiger partial charge in [-0.15, -0.1) is 0 Å². The van der Waals surface area contributed by atoms with Gasteiger partial charge in [0.05, 0.1) is 6.42 Å². The van der Waals surface area contributed by atoms with Crippen molar-refractivity contribution in [3.63, 3.8) is 0 Å². The molecule has 0 atom stereocenters. The summed E-state index contributed by atoms with van der Waals surface area (Å²) >= 11 is 3.22. The van der Waals surface area contributed by atoms with Crippen LogP contribution in [0.5, 0.6) is 0 Å². The molecule has 0 saturated carbocycles. The number of allylic oxidation sites excluding steroid dienone is 1. The third-order valence-electron chi connectivity index (χ3n) is 0.735. The number of carbonyl (C=O) groups is 1. The molecule has 0 unspecified atom stereocenters. The number of rotatable bonds is 4. The van der Waals surface area contributed by atoms with Gasteiger partial charge in [0.25, 0.3) is 0 Å². The molecule has 0 bridgehead atoms. The molecular formula is C6H9BrO2. The normalized spacial score (nSPS) is 10.3. The van der Waals surface area contributed by atoms with Gasteiger partial charge in [0.1, 0.15) is 0 Å². The molecule has 3 heteroatoms. The zero-order chi connectivity index (χ0) is 7.11. The first-order valence-electron chi connectivity index (χ1n) is 2.70. The Morgan fingerprint density at radius 1 is 1.56 bits per heavy atom. The van der Waals surface area contributed by atoms with Crippen LogP contribution < -0.4 is 0 Å². The van der Waals surface area contributed by atoms with Gasteiger partial charge in [-0.2, -0.15) is 0 Å². The summed E-state index contributed by atoms with van der Waals surface area (Å²) in [5.74, 6) is -0.777. The zero-order valence-corrected chi connectivity index (χ0v) is 6.60. The van der Waals surface area contributed by atoms with Crippen molar-refractivity contribution >= 4 is 21.9 Å². The van der Waals surface area contributed by atoms with Gasteiger partial charge < -0.3 is 5.11 Å². The summed E-state index contributed by atoms with van der Waals surface area (Å²) in [6, 6.07) is 0. The molecule has 0 fully saturated rings. The van der Waals surface area contributed by atoms with Crippen LogP contribution in [0.3, 0.4) is 0 Å². The summed E-state index contributed by atoms with van der Waals surface area (Å²) in [5, 5.41) is 9.04. The first-order chi connectivity index (χ1) is 4.27. The standard InChI is InChI=1S/C6H9BrO2/c7-5-3-1-2-4-6(8)9/h1-2H,3-5H2,(H,8,9). The van der Waals surface area contributed by atoms with Crippen LogP contribution in [0.2, 0.25) is 0 Å². The minimum atomic E-state index is -0.777. The second-order valence-electron chi connectivity index (χ2n) is 1.55. The molecule has 0 heterocycles. The number of halogens is 1. The summed E-state index contributed by atoms with van der Waals surface area (Å²) in [7, 11) is 0. The lowest BCUT2D eigenvalue weighted by Gasteiger charge is -1.82. The van der Waals surface area contributed by atoms with Crippen LogP contribution in [0.4, 0.5) is 0 Å². The highest BCUT2D eigenvalue weighted by atomic mass is 79.9. The molecule has 0 aromatic heterocycles. The van der Waals surface area contributed by atoms with Gasteiger partial charge in [-0.05, 0) is 6.42 Å². The largest absolute Gasteiger partial charge is 0.481 e. The van der Waals surface area contributed by atoms with Gasteiger partial charge in [0.15, 0.2) is 0 Å². The Bertz CT molecular complexity index is 110. The minimum Gasteiger partial charge on any atom is -0.481 e. The Kier molecular flexibility index (Phi) is 5.62. The smallest absolute Gasteiger partial charge is 0.307 e. The topological polar surface area (TPSA) is 37.3 Å². The maximum absolute atomic E-state index is 9.90. The highest BCUT2D eigenvalue weighted by Gasteiger charge is 1.87. The molecule has 0 radical (unpaired) electrons. The molecule has 9 heavy (non-hydrogen) atoms. The molecule has 52 valence electrons. The predicted molar refractivity (Wildman–Crippen MR) is 39.8 cm³/mol. The second kappa shape index (κ2) is 5.82. The molecule has 1 N–H and O–H groups in total. The Hall–Kier alpha value is -0.310. The molecular weight excluding hydrogens is 184 g/mol. The SMILES string of the molecule is O=C(O)CC=CCCBr. The van der Waals surface area contributed by atoms with Crippen molar-refractivity contribution in [3.05, 3.63) is 12.2 Å². The van der Waals surface area contributed by atoms with Crippen LogP contribution in [0.1, 0.15) is 12.8 Å². The van der Waals surface area contributed by atoms with E-state index in [2.05, 4.69) is 15.9 Å². The Labute approximate surface area is 62.7 Å². The van der Waals surface area contributed by atoms with Crippen molar-refractivity contribution in [2.24, 2.45) is 0 Å². The van der Waals surface area contributed by atoms with E-state index in [1.165, 1.54) is 0 Å². The summed E-state index contributed by atoms with van der Waals surface area (Å²) in [6.07, 6.45) is 4.53. The van der Waals surface area contributed by atoms with Gasteiger partial charge in [-0.25, -0.2) is 0 Å². The number of alkyl halides is 1. The summed E-state index contributed by atoms with van der Waals surface area (Å²) in [6.45, 7) is 0. The van der Waals surface area contributed by atoms with E-state index >= 15 is 0 Å². The first kappa shape index (κ1) is 8.69. The molecule has 0 saturated heterocycles. The number of hydrogen-bond acceptors (Lipinski definition) is 1. The van der Waals surface area contributed by atoms with Crippen molar-refractivity contribution in [1.82, 2.24) is 0 Å². The van der Waals surface area contributed by atoms with Crippen molar-refractivity contribution in [1.29, 1.82) is 0 Å². The highest BCUT2D eigenvalue weighted by molar-refractivity contribution is 9.09. The van der Waals surface area contributed by atoms with Crippen LogP contribution in [0, 0.1) is 0 Å². The van der Waals surface area contributed by atoms with Crippen molar-refractivity contribution < 1.29 is 9.90 Å². The average Bonchev–Trinajstić information content (AvgIpc) is 1.80. The Balaban J connectivity index is 3.14. The lowest BCUT2D eigenvalue weighted by atomic mass is 10.3. The van der Waals surface area contributed by atoms with Crippen molar-refractivity contribution in [3.8, 4) is 0 Å². The molecule has 0 aromatic carbocycles. The van der Waals surface area contributed by atoms with Crippen LogP contribution in [-0.2, 0) is 4.79 Å². The third-order valence-corrected chi connectivity index (χ3v) is 1.19. The maximum Gasteiger partial charge on any atom is 0.307 e. The van der Waals surface area contributed by atoms with E-state index in [-0.39, 0.29) is 6.42 Å². The van der Waals surface area contributed by atoms with Gasteiger partial charge in [-0.1, -0.05) is 28.1 Å². The number of hydrogen-bond donors (Lipinski definition) is 1. The number of carboxylic acid groups (broad SMARTS) is 1. The fourth-order valence-corrected chi connectivity index (χ4v) is 0.629. The van der Waals surface area contributed by atoms with E-state index in [0.29, 0.717) is 0 Å². The Morgan fingerprint density at radius 3 is 2.67 bits per heavy atom. The monoisotopic (exact) mass is 192 g/mol. The minimum absolute atomic E-state index is 0.132. The van der Waals surface area contributed by atoms with E-state index in [4.69, 9.17) is 5.11 Å². The van der Waals surface area contributed by atoms with E-state index in [1.54, 1.807) is 6.08 Å². The molecule has 0 aliphatic rings. The fourth-order valence-electron chi connectivity index (χ4n) is 0.365. The first-order valence-corrected chi connectivity index (χ1v) is 3.82. The molecule has 0 spiro atoms. The number of aliphatic carboxylic acids is 1. The molecule has 0 aliphatic carbocycles. The van der Waals surface area contributed by atoms with E-state index < -0.39 is 5.97 Å². The summed E-state index contributed by atoms with van der Waals surface area (Å²) < 4.78 is 0. The zero-order valence-electron chi connectivity index (χ0n) is 5.01. The van der Waals surface area contributed by atoms with Crippen LogP contribution in [0.15, 0.2) is 12.2 Å². The van der Waals surface area contributed by atoms with E-state index in [1.807, 2.05) is 6.08 Å². The predicted octanol–water partition coefficient (Wildman–Crippen LogP) is 1.80. The van der Waals surface area contributed by atoms with Crippen LogP contribution in [0.25, 0.3) is 0 Å². The molecule has 0 aliphatic heterocycles. The van der Waals surface area contributed by atoms with Crippen LogP contribution >= 0.6 is 15.9 Å². The van der Waals surface area contributed by atoms with Crippen molar-refractivity contribution in [2.75, 3.05) is 5.33 Å². The summed E-state index contributed by atoms with van der Waals surface area (Å²) in [4.78, 5) is 9.90. The van der Waals surface area contributed by atoms with Crippen molar-refractivity contribution in [2.45, 2.75) is 12.8 Å². The van der Waals surface area contributed by atoms with E-state index in [9.17, 15) is 4.79 Å². The Morgan fingerprint density at radius 2 is 2.22 bits per heavy atom. The molecule has 0 rings (SSSR count). The van der Waals surface area contributed by atoms with Crippen LogP contribution in [-0.4, -0.2) is 16.4 Å². The van der Waals surface area contributed by atoms with Gasteiger partial charge >= 0.3 is 5.97 Å². The third kappa shape index (κ3) is 7.69. The summed E-state index contributed by atoms with van der Waals surface area (Å²) in [5.41, 5.74) is 0. The lowest BCUT2D eigenvalue weighted by molar-refractivity contribution is -0.136. The number of carboxylic acids is 1. The van der Waals surface area contributed by atoms with Gasteiger partial charge in [-0.3, -0.25) is 4.79 Å². The second-order valence-corrected chi connectivity index (χ2v) is 2.34. The fraction of sp³-hybridized carbons (Fsp3) is 0.500. The quantitative estimate of drug-likeness (QED) is 0.545. The van der Waals surface area contributed by atoms with E-state index in [0.717, 1.165) is 11.8 Å². The maximum atomic E-state index is 9.90. The highest BCUT2D eigenvalue weighted by Crippen LogP contribution is 1.90. The molecule has 0 aromatic rings. The lowest BCUT2D eigenvalue weighted by Crippen LogP contribution is -1.89. The molecule has 0 amide bonds. The van der Waals surface area contributed by atoms with Gasteiger partial charge in [0.2, 0.25) is 0 Å². The van der Waals surface area contributed by atoms with Gasteiger partial charge in [0, 0.05) is 5.33 Å². The molecule has 2 nitrogen and oxygen atoms in total.